The number of primary sulfonamides is 2. The molecule has 188 valence electrons. The van der Waals surface area contributed by atoms with Crippen LogP contribution in [-0.2, 0) is 24.8 Å². The summed E-state index contributed by atoms with van der Waals surface area (Å²) in [5.74, 6) is 0.119. The largest absolute Gasteiger partial charge is 0.381 e. The molecular weight excluding hydrogens is 436 g/mol. The van der Waals surface area contributed by atoms with Gasteiger partial charge in [-0.25, -0.2) is 27.1 Å². The van der Waals surface area contributed by atoms with Crippen molar-refractivity contribution < 1.29 is 21.6 Å². The molecule has 0 aromatic carbocycles. The van der Waals surface area contributed by atoms with Gasteiger partial charge in [0.1, 0.15) is 0 Å². The van der Waals surface area contributed by atoms with Crippen molar-refractivity contribution in [2.75, 3.05) is 24.7 Å². The molecule has 0 amide bonds. The van der Waals surface area contributed by atoms with E-state index in [0.29, 0.717) is 13.0 Å². The topological polar surface area (TPSA) is 130 Å². The standard InChI is InChI=1S/C22H48N2O5S2/c1-5-21(6-2,16-13-19-30(23,25)26)14-9-11-17-29-18-12-10-15-22(7-3,8-4)20-31(24,27)28/h5-20H2,1-4H3,(H2,23,25,26)(H2,24,27,28). The van der Waals surface area contributed by atoms with E-state index in [1.54, 1.807) is 0 Å². The van der Waals surface area contributed by atoms with Crippen LogP contribution in [-0.4, -0.2) is 41.6 Å². The maximum absolute atomic E-state index is 11.5. The smallest absolute Gasteiger partial charge is 0.209 e. The summed E-state index contributed by atoms with van der Waals surface area (Å²) in [5, 5.41) is 10.4. The van der Waals surface area contributed by atoms with Crippen molar-refractivity contribution in [3.05, 3.63) is 0 Å². The van der Waals surface area contributed by atoms with E-state index in [1.807, 2.05) is 13.8 Å². The highest BCUT2D eigenvalue weighted by Crippen LogP contribution is 2.37. The van der Waals surface area contributed by atoms with Crippen LogP contribution in [0.15, 0.2) is 0 Å². The number of nitrogens with two attached hydrogens (primary N) is 2. The summed E-state index contributed by atoms with van der Waals surface area (Å²) >= 11 is 0. The van der Waals surface area contributed by atoms with Gasteiger partial charge in [0.15, 0.2) is 0 Å². The molecule has 0 radical (unpaired) electrons. The van der Waals surface area contributed by atoms with Crippen molar-refractivity contribution in [2.24, 2.45) is 21.1 Å². The van der Waals surface area contributed by atoms with E-state index in [2.05, 4.69) is 13.8 Å². The number of rotatable bonds is 20. The Bertz CT molecular complexity index is 670. The Kier molecular flexibility index (Phi) is 14.7. The molecule has 0 aliphatic rings. The Morgan fingerprint density at radius 1 is 0.613 bits per heavy atom. The first kappa shape index (κ1) is 30.8. The Balaban J connectivity index is 4.12. The Morgan fingerprint density at radius 3 is 1.42 bits per heavy atom. The molecule has 0 heterocycles. The van der Waals surface area contributed by atoms with Crippen LogP contribution in [0.25, 0.3) is 0 Å². The SMILES string of the molecule is CCC(CC)(CCCCOCCCCC(CC)(CC)CS(N)(=O)=O)CCCS(N)(=O)=O. The van der Waals surface area contributed by atoms with Gasteiger partial charge in [-0.1, -0.05) is 53.4 Å². The number of hydrogen-bond donors (Lipinski definition) is 2. The molecule has 0 aliphatic heterocycles. The molecule has 0 unspecified atom stereocenters. The van der Waals surface area contributed by atoms with Crippen molar-refractivity contribution in [1.82, 2.24) is 0 Å². The average Bonchev–Trinajstić information content (AvgIpc) is 2.68. The van der Waals surface area contributed by atoms with Gasteiger partial charge in [-0.15, -0.1) is 0 Å². The van der Waals surface area contributed by atoms with Crippen molar-refractivity contribution in [3.8, 4) is 0 Å². The van der Waals surface area contributed by atoms with Gasteiger partial charge in [0, 0.05) is 13.2 Å². The summed E-state index contributed by atoms with van der Waals surface area (Å²) < 4.78 is 51.2. The van der Waals surface area contributed by atoms with Gasteiger partial charge < -0.3 is 4.74 Å². The van der Waals surface area contributed by atoms with Crippen LogP contribution in [0.1, 0.15) is 105 Å². The number of hydrogen-bond acceptors (Lipinski definition) is 5. The lowest BCUT2D eigenvalue weighted by Crippen LogP contribution is -2.33. The van der Waals surface area contributed by atoms with Crippen LogP contribution in [0.3, 0.4) is 0 Å². The predicted octanol–water partition coefficient (Wildman–Crippen LogP) is 4.31. The predicted molar refractivity (Wildman–Crippen MR) is 130 cm³/mol. The first-order valence-electron chi connectivity index (χ1n) is 11.9. The molecule has 7 nitrogen and oxygen atoms in total. The zero-order valence-corrected chi connectivity index (χ0v) is 22.0. The molecule has 4 N–H and O–H groups in total. The lowest BCUT2D eigenvalue weighted by atomic mass is 9.74. The fourth-order valence-electron chi connectivity index (χ4n) is 4.55. The molecular formula is C22H48N2O5S2. The van der Waals surface area contributed by atoms with Crippen molar-refractivity contribution >= 4 is 20.0 Å². The molecule has 0 saturated carbocycles. The van der Waals surface area contributed by atoms with Gasteiger partial charge >= 0.3 is 0 Å². The lowest BCUT2D eigenvalue weighted by Gasteiger charge is -2.32. The molecule has 0 rings (SSSR count). The first-order valence-corrected chi connectivity index (χ1v) is 15.4. The zero-order valence-electron chi connectivity index (χ0n) is 20.3. The van der Waals surface area contributed by atoms with E-state index in [4.69, 9.17) is 15.0 Å². The van der Waals surface area contributed by atoms with Gasteiger partial charge in [-0.05, 0) is 62.2 Å². The first-order chi connectivity index (χ1) is 14.4. The fraction of sp³-hybridized carbons (Fsp3) is 1.00. The number of ether oxygens (including phenoxy) is 1. The monoisotopic (exact) mass is 484 g/mol. The van der Waals surface area contributed by atoms with Crippen molar-refractivity contribution in [2.45, 2.75) is 105 Å². The van der Waals surface area contributed by atoms with Crippen molar-refractivity contribution in [3.63, 3.8) is 0 Å². The molecule has 0 saturated heterocycles. The number of unbranched alkanes of at least 4 members (excludes halogenated alkanes) is 2. The summed E-state index contributed by atoms with van der Waals surface area (Å²) in [6, 6.07) is 0. The van der Waals surface area contributed by atoms with Crippen LogP contribution in [0.2, 0.25) is 0 Å². The summed E-state index contributed by atoms with van der Waals surface area (Å²) in [6.45, 7) is 9.85. The molecule has 31 heavy (non-hydrogen) atoms. The highest BCUT2D eigenvalue weighted by Gasteiger charge is 2.30. The third-order valence-electron chi connectivity index (χ3n) is 7.13. The van der Waals surface area contributed by atoms with E-state index in [1.165, 1.54) is 0 Å². The zero-order chi connectivity index (χ0) is 24.0. The van der Waals surface area contributed by atoms with Crippen LogP contribution in [0.5, 0.6) is 0 Å². The second-order valence-corrected chi connectivity index (χ2v) is 12.6. The second kappa shape index (κ2) is 14.8. The highest BCUT2D eigenvalue weighted by atomic mass is 32.2. The summed E-state index contributed by atoms with van der Waals surface area (Å²) in [5.41, 5.74) is -0.0297. The molecule has 0 spiro atoms. The summed E-state index contributed by atoms with van der Waals surface area (Å²) in [6.07, 6.45) is 11.1. The average molecular weight is 485 g/mol. The fourth-order valence-corrected chi connectivity index (χ4v) is 6.50. The van der Waals surface area contributed by atoms with E-state index >= 15 is 0 Å². The van der Waals surface area contributed by atoms with E-state index in [9.17, 15) is 16.8 Å². The van der Waals surface area contributed by atoms with E-state index < -0.39 is 20.0 Å². The van der Waals surface area contributed by atoms with Gasteiger partial charge in [0.2, 0.25) is 20.0 Å². The molecule has 0 aromatic rings. The molecule has 0 bridgehead atoms. The molecule has 0 aliphatic carbocycles. The third kappa shape index (κ3) is 14.5. The van der Waals surface area contributed by atoms with Crippen LogP contribution < -0.4 is 10.3 Å². The minimum atomic E-state index is -3.46. The second-order valence-electron chi connectivity index (χ2n) is 9.22. The highest BCUT2D eigenvalue weighted by molar-refractivity contribution is 7.89. The minimum absolute atomic E-state index is 0.0572. The Morgan fingerprint density at radius 2 is 1.03 bits per heavy atom. The van der Waals surface area contributed by atoms with Gasteiger partial charge in [0.05, 0.1) is 11.5 Å². The molecule has 0 fully saturated rings. The van der Waals surface area contributed by atoms with E-state index in [-0.39, 0.29) is 22.3 Å². The normalized spacial score (nSPS) is 13.6. The van der Waals surface area contributed by atoms with Crippen molar-refractivity contribution in [1.29, 1.82) is 0 Å². The Hall–Kier alpha value is -0.220. The summed E-state index contributed by atoms with van der Waals surface area (Å²) in [7, 11) is -6.84. The molecule has 0 atom stereocenters. The van der Waals surface area contributed by atoms with Crippen LogP contribution in [0.4, 0.5) is 0 Å². The molecule has 0 aromatic heterocycles. The van der Waals surface area contributed by atoms with Crippen LogP contribution >= 0.6 is 0 Å². The van der Waals surface area contributed by atoms with E-state index in [0.717, 1.165) is 77.2 Å². The molecule has 9 heteroatoms. The maximum atomic E-state index is 11.5. The quantitative estimate of drug-likeness (QED) is 0.249. The third-order valence-corrected chi connectivity index (χ3v) is 9.01. The maximum Gasteiger partial charge on any atom is 0.209 e. The van der Waals surface area contributed by atoms with Gasteiger partial charge in [-0.2, -0.15) is 0 Å². The Labute approximate surface area is 192 Å². The minimum Gasteiger partial charge on any atom is -0.381 e. The van der Waals surface area contributed by atoms with Crippen LogP contribution in [0, 0.1) is 10.8 Å². The van der Waals surface area contributed by atoms with Gasteiger partial charge in [-0.3, -0.25) is 0 Å². The summed E-state index contributed by atoms with van der Waals surface area (Å²) in [4.78, 5) is 0. The lowest BCUT2D eigenvalue weighted by molar-refractivity contribution is 0.116. The number of sulfonamides is 2. The van der Waals surface area contributed by atoms with Gasteiger partial charge in [0.25, 0.3) is 0 Å².